The third kappa shape index (κ3) is 3.64. The fourth-order valence-corrected chi connectivity index (χ4v) is 1.91. The van der Waals surface area contributed by atoms with Crippen LogP contribution in [0.1, 0.15) is 32.1 Å². The second-order valence-electron chi connectivity index (χ2n) is 3.04. The fraction of sp³-hybridized carbons (Fsp3) is 0.750. The van der Waals surface area contributed by atoms with Gasteiger partial charge in [0.1, 0.15) is 0 Å². The van der Waals surface area contributed by atoms with Gasteiger partial charge in [0.05, 0.1) is 0 Å². The van der Waals surface area contributed by atoms with E-state index in [0.29, 0.717) is 5.92 Å². The van der Waals surface area contributed by atoms with Gasteiger partial charge in [0.25, 0.3) is 0 Å². The Morgan fingerprint density at radius 3 is 2.45 bits per heavy atom. The predicted molar refractivity (Wildman–Crippen MR) is 45.5 cm³/mol. The van der Waals surface area contributed by atoms with Gasteiger partial charge in [-0.3, -0.25) is 0 Å². The minimum Gasteiger partial charge on any atom is -0.157 e. The maximum atomic E-state index is 10.3. The zero-order valence-electron chi connectivity index (χ0n) is 6.57. The molecule has 1 atom stereocenters. The van der Waals surface area contributed by atoms with E-state index >= 15 is 0 Å². The summed E-state index contributed by atoms with van der Waals surface area (Å²) in [5.74, 6) is 1.99. The van der Waals surface area contributed by atoms with Crippen LogP contribution in [0, 0.1) is 5.92 Å². The Kier molecular flexibility index (Phi) is 3.74. The lowest BCUT2D eigenvalue weighted by Gasteiger charge is -2.16. The third-order valence-corrected chi connectivity index (χ3v) is 2.56. The summed E-state index contributed by atoms with van der Waals surface area (Å²) in [5.41, 5.74) is 0. The topological polar surface area (TPSA) is 37.3 Å². The zero-order chi connectivity index (χ0) is 8.10. The van der Waals surface area contributed by atoms with Crippen LogP contribution in [-0.2, 0) is 4.57 Å². The molecule has 0 heterocycles. The normalized spacial score (nSPS) is 22.5. The highest BCUT2D eigenvalue weighted by Crippen LogP contribution is 2.26. The molecule has 0 aromatic heterocycles. The van der Waals surface area contributed by atoms with Crippen molar-refractivity contribution < 1.29 is 9.46 Å². The maximum Gasteiger partial charge on any atom is 0.537 e. The lowest BCUT2D eigenvalue weighted by Crippen LogP contribution is -2.01. The average molecular weight is 173 g/mol. The van der Waals surface area contributed by atoms with Crippen molar-refractivity contribution in [2.75, 3.05) is 0 Å². The quantitative estimate of drug-likeness (QED) is 0.652. The molecule has 1 fully saturated rings. The minimum absolute atomic E-state index is 0.565. The van der Waals surface area contributed by atoms with E-state index in [0.717, 1.165) is 0 Å². The Morgan fingerprint density at radius 2 is 1.91 bits per heavy atom. The molecule has 11 heavy (non-hydrogen) atoms. The van der Waals surface area contributed by atoms with Crippen LogP contribution in [0.5, 0.6) is 0 Å². The number of hydrogen-bond donors (Lipinski definition) is 1. The molecule has 0 bridgehead atoms. The highest BCUT2D eigenvalue weighted by atomic mass is 31.1. The predicted octanol–water partition coefficient (Wildman–Crippen LogP) is 2.82. The van der Waals surface area contributed by atoms with E-state index < -0.39 is 8.03 Å². The van der Waals surface area contributed by atoms with Gasteiger partial charge < -0.3 is 0 Å². The first-order chi connectivity index (χ1) is 5.29. The van der Waals surface area contributed by atoms with Gasteiger partial charge in [-0.25, -0.2) is 0 Å². The molecule has 62 valence electrons. The molecule has 0 radical (unpaired) electrons. The van der Waals surface area contributed by atoms with Gasteiger partial charge in [0.15, 0.2) is 5.82 Å². The molecule has 0 amide bonds. The largest absolute Gasteiger partial charge is 0.537 e. The summed E-state index contributed by atoms with van der Waals surface area (Å²) >= 11 is 0. The van der Waals surface area contributed by atoms with Crippen molar-refractivity contribution in [2.24, 2.45) is 5.92 Å². The Hall–Kier alpha value is -0.200. The van der Waals surface area contributed by atoms with Crippen LogP contribution < -0.4 is 0 Å². The molecule has 0 aliphatic heterocycles. The molecule has 0 saturated heterocycles. The Morgan fingerprint density at radius 1 is 1.27 bits per heavy atom. The van der Waals surface area contributed by atoms with Crippen LogP contribution in [0.15, 0.2) is 11.9 Å². The van der Waals surface area contributed by atoms with Gasteiger partial charge in [0, 0.05) is 0 Å². The molecule has 1 rings (SSSR count). The van der Waals surface area contributed by atoms with Gasteiger partial charge in [-0.05, 0) is 29.4 Å². The highest BCUT2D eigenvalue weighted by Gasteiger charge is 2.12. The van der Waals surface area contributed by atoms with Gasteiger partial charge in [-0.2, -0.15) is 4.89 Å². The zero-order valence-corrected chi connectivity index (χ0v) is 7.46. The van der Waals surface area contributed by atoms with E-state index in [2.05, 4.69) is 0 Å². The van der Waals surface area contributed by atoms with Crippen molar-refractivity contribution in [3.05, 3.63) is 11.9 Å². The Balaban J connectivity index is 2.29. The van der Waals surface area contributed by atoms with Crippen molar-refractivity contribution in [3.63, 3.8) is 0 Å². The van der Waals surface area contributed by atoms with E-state index in [9.17, 15) is 4.57 Å². The summed E-state index contributed by atoms with van der Waals surface area (Å²) in [4.78, 5) is 8.51. The molecule has 0 spiro atoms. The van der Waals surface area contributed by atoms with Gasteiger partial charge in [0.2, 0.25) is 0 Å². The van der Waals surface area contributed by atoms with Gasteiger partial charge in [-0.15, -0.1) is 0 Å². The van der Waals surface area contributed by atoms with E-state index in [1.807, 2.05) is 6.08 Å². The van der Waals surface area contributed by atoms with Crippen molar-refractivity contribution in [3.8, 4) is 0 Å². The molecule has 0 aromatic carbocycles. The summed E-state index contributed by atoms with van der Waals surface area (Å²) in [6.07, 6.45) is 8.17. The molecule has 1 unspecified atom stereocenters. The molecule has 2 nitrogen and oxygen atoms in total. The smallest absolute Gasteiger partial charge is 0.157 e. The Labute approximate surface area is 68.2 Å². The molecule has 1 aliphatic rings. The Bertz CT molecular complexity index is 159. The summed E-state index contributed by atoms with van der Waals surface area (Å²) < 4.78 is 10.3. The molecular formula is C8H14O2P+. The van der Waals surface area contributed by atoms with Gasteiger partial charge >= 0.3 is 8.03 Å². The molecular weight excluding hydrogens is 159 g/mol. The number of allylic oxidation sites excluding steroid dienone is 1. The first-order valence-electron chi connectivity index (χ1n) is 4.12. The van der Waals surface area contributed by atoms with Crippen molar-refractivity contribution >= 4 is 8.03 Å². The lowest BCUT2D eigenvalue weighted by molar-refractivity contribution is 0.419. The standard InChI is InChI=1S/C8H13O2P/c9-11(10)7-6-8-4-2-1-3-5-8/h6-8H,1-5H2/p+1. The molecule has 3 heteroatoms. The second kappa shape index (κ2) is 4.63. The lowest BCUT2D eigenvalue weighted by atomic mass is 9.90. The van der Waals surface area contributed by atoms with Crippen LogP contribution in [0.3, 0.4) is 0 Å². The van der Waals surface area contributed by atoms with Crippen molar-refractivity contribution in [1.82, 2.24) is 0 Å². The first-order valence-corrected chi connectivity index (χ1v) is 5.41. The summed E-state index contributed by atoms with van der Waals surface area (Å²) in [6.45, 7) is 0. The van der Waals surface area contributed by atoms with Crippen LogP contribution in [0.4, 0.5) is 0 Å². The van der Waals surface area contributed by atoms with Crippen LogP contribution in [-0.4, -0.2) is 4.89 Å². The maximum absolute atomic E-state index is 10.3. The second-order valence-corrected chi connectivity index (χ2v) is 3.95. The van der Waals surface area contributed by atoms with E-state index in [1.54, 1.807) is 0 Å². The fourth-order valence-electron chi connectivity index (χ4n) is 1.52. The van der Waals surface area contributed by atoms with Crippen LogP contribution in [0.25, 0.3) is 0 Å². The van der Waals surface area contributed by atoms with E-state index in [-0.39, 0.29) is 0 Å². The third-order valence-electron chi connectivity index (χ3n) is 2.14. The minimum atomic E-state index is -2.06. The van der Waals surface area contributed by atoms with Crippen molar-refractivity contribution in [2.45, 2.75) is 32.1 Å². The highest BCUT2D eigenvalue weighted by molar-refractivity contribution is 7.41. The average Bonchev–Trinajstić information content (AvgIpc) is 2.03. The van der Waals surface area contributed by atoms with Crippen LogP contribution >= 0.6 is 8.03 Å². The van der Waals surface area contributed by atoms with Crippen LogP contribution in [0.2, 0.25) is 0 Å². The van der Waals surface area contributed by atoms with E-state index in [4.69, 9.17) is 4.89 Å². The number of hydrogen-bond acceptors (Lipinski definition) is 1. The molecule has 1 N–H and O–H groups in total. The molecule has 0 aromatic rings. The summed E-state index contributed by atoms with van der Waals surface area (Å²) in [5, 5.41) is 0. The first kappa shape index (κ1) is 8.89. The molecule has 1 saturated carbocycles. The molecule has 1 aliphatic carbocycles. The number of rotatable bonds is 2. The monoisotopic (exact) mass is 173 g/mol. The van der Waals surface area contributed by atoms with E-state index in [1.165, 1.54) is 37.9 Å². The van der Waals surface area contributed by atoms with Gasteiger partial charge in [-0.1, -0.05) is 19.3 Å². The van der Waals surface area contributed by atoms with Crippen molar-refractivity contribution in [1.29, 1.82) is 0 Å². The summed E-state index contributed by atoms with van der Waals surface area (Å²) in [6, 6.07) is 0. The SMILES string of the molecule is O=[P+](O)C=CC1CCCCC1. The summed E-state index contributed by atoms with van der Waals surface area (Å²) in [7, 11) is -2.06.